The number of fused-ring (bicyclic) bond motifs is 2. The van der Waals surface area contributed by atoms with Gasteiger partial charge in [-0.1, -0.05) is 91.1 Å². The van der Waals surface area contributed by atoms with Crippen LogP contribution in [0.4, 0.5) is 35.1 Å². The summed E-state index contributed by atoms with van der Waals surface area (Å²) in [5.74, 6) is 1.77. The Morgan fingerprint density at radius 2 is 1.44 bits per heavy atom. The third kappa shape index (κ3) is 21.1. The van der Waals surface area contributed by atoms with Crippen LogP contribution in [0.3, 0.4) is 0 Å². The molecule has 6 N–H and O–H groups in total. The molecule has 0 bridgehead atoms. The zero-order chi connectivity index (χ0) is 65.6. The van der Waals surface area contributed by atoms with Gasteiger partial charge in [0.2, 0.25) is 0 Å². The van der Waals surface area contributed by atoms with Crippen LogP contribution in [0.2, 0.25) is 5.02 Å². The molecule has 504 valence electrons. The number of allylic oxidation sites excluding steroid dienone is 2. The number of nitrogens with zero attached hydrogens (tertiary/aromatic N) is 5. The van der Waals surface area contributed by atoms with E-state index in [0.717, 1.165) is 94.9 Å². The fraction of sp³-hybridized carbons (Fsp3) is 0.725. The minimum Gasteiger partial charge on any atom is -0.369 e. The van der Waals surface area contributed by atoms with Gasteiger partial charge in [0.1, 0.15) is 0 Å². The summed E-state index contributed by atoms with van der Waals surface area (Å²) in [4.78, 5) is 14.0. The molecule has 0 aromatic heterocycles. The van der Waals surface area contributed by atoms with Crippen LogP contribution in [0.15, 0.2) is 83.7 Å². The predicted molar refractivity (Wildman–Crippen MR) is 350 cm³/mol. The van der Waals surface area contributed by atoms with Crippen LogP contribution in [0.25, 0.3) is 0 Å². The number of rotatable bonds is 12. The highest BCUT2D eigenvalue weighted by atomic mass is 35.5. The molecule has 2 aromatic carbocycles. The van der Waals surface area contributed by atoms with Crippen LogP contribution in [-0.2, 0) is 25.2 Å². The summed E-state index contributed by atoms with van der Waals surface area (Å²) in [6.45, 7) is 32.6. The number of aryl methyl sites for hydroxylation is 1. The zero-order valence-electron chi connectivity index (χ0n) is 55.9. The van der Waals surface area contributed by atoms with E-state index in [4.69, 9.17) is 16.6 Å². The number of alkyl halides is 8. The molecule has 1 spiro atoms. The van der Waals surface area contributed by atoms with E-state index in [-0.39, 0.29) is 73.6 Å². The van der Waals surface area contributed by atoms with Gasteiger partial charge in [0.05, 0.1) is 22.7 Å². The average Bonchev–Trinajstić information content (AvgIpc) is 1.20. The van der Waals surface area contributed by atoms with E-state index < -0.39 is 41.1 Å². The summed E-state index contributed by atoms with van der Waals surface area (Å²) in [6.07, 6.45) is 6.92. The monoisotopic (exact) mass is 1280 g/mol. The highest BCUT2D eigenvalue weighted by Crippen LogP contribution is 2.41. The second-order valence-corrected chi connectivity index (χ2v) is 27.6. The van der Waals surface area contributed by atoms with Crippen LogP contribution in [-0.4, -0.2) is 144 Å². The van der Waals surface area contributed by atoms with Gasteiger partial charge in [0.25, 0.3) is 0 Å². The number of likely N-dealkylation sites (N-methyl/N-ethyl adjacent to an activating group) is 1. The van der Waals surface area contributed by atoms with Crippen LogP contribution in [0, 0.1) is 23.7 Å². The molecule has 11 nitrogen and oxygen atoms in total. The lowest BCUT2D eigenvalue weighted by atomic mass is 9.73. The van der Waals surface area contributed by atoms with E-state index >= 15 is 8.78 Å². The van der Waals surface area contributed by atoms with Gasteiger partial charge in [-0.2, -0.15) is 35.1 Å². The van der Waals surface area contributed by atoms with Crippen LogP contribution >= 0.6 is 11.6 Å². The molecule has 2 aromatic rings. The minimum atomic E-state index is -4.62. The number of nitrogens with one attached hydrogen (secondary N) is 6. The van der Waals surface area contributed by atoms with E-state index in [9.17, 15) is 26.3 Å². The first kappa shape index (κ1) is 74.2. The summed E-state index contributed by atoms with van der Waals surface area (Å²) in [5.41, 5.74) is 1.76. The van der Waals surface area contributed by atoms with Crippen molar-refractivity contribution in [2.24, 2.45) is 28.7 Å². The Labute approximate surface area is 534 Å². The summed E-state index contributed by atoms with van der Waals surface area (Å²) in [7, 11) is 1.83. The summed E-state index contributed by atoms with van der Waals surface area (Å²) < 4.78 is 114. The van der Waals surface area contributed by atoms with Gasteiger partial charge in [-0.05, 0) is 158 Å². The lowest BCUT2D eigenvalue weighted by Crippen LogP contribution is -2.74. The smallest absolute Gasteiger partial charge is 0.369 e. The first-order valence-electron chi connectivity index (χ1n) is 33.4. The van der Waals surface area contributed by atoms with Gasteiger partial charge in [0, 0.05) is 155 Å². The van der Waals surface area contributed by atoms with E-state index in [2.05, 4.69) is 136 Å². The molecule has 1 saturated carbocycles. The topological polar surface area (TPSA) is 97.5 Å². The predicted octanol–water partition coefficient (Wildman–Crippen LogP) is 14.5. The Morgan fingerprint density at radius 1 is 0.753 bits per heavy atom. The SMILES string of the molecule is CC[C@H](C)[C@H]1C(C)NC2(CCC2)CNCC(F)(F)NCCC(CCc2ccc(C(F)(F)F)c(Cl)c2)=NC=CN(C)C=C(Cc2ccc(C(F)(F)F)cc2)N(CC)C=C2CCCN2[C@@H](C)C(C)N[C@@H]([C@@H](C)CC)CN[C@@H](CC(C)C)C(C)NCC2[C@H](C)C(C)N21. The summed E-state index contributed by atoms with van der Waals surface area (Å²) in [6, 6.07) is 7.53. The van der Waals surface area contributed by atoms with Crippen LogP contribution < -0.4 is 31.9 Å². The molecule has 6 rings (SSSR count). The van der Waals surface area contributed by atoms with E-state index in [1.165, 1.54) is 30.0 Å². The van der Waals surface area contributed by atoms with Crippen molar-refractivity contribution in [3.63, 3.8) is 0 Å². The standard InChI is InChI=1S/C69H110ClF8N11/c1-15-46(6)63-39-82-62(36-45(4)5)50(10)81-40-64-48(8)52(12)89(64)65(47(7)16-2)51(11)85-66(30-19-31-66)43-79-44-67(71,72)83-32-29-57(27-23-55-24-28-60(61(70)38-55)69(76,77)78)80-33-35-86(14)41-59(37-54-21-25-56(26-22-54)68(73,74)75)87(17-3)42-58-20-18-34-88(58)53(13)49(9)84-63/h21-22,24-26,28,33,35,38,41-42,45-53,62-65,79,81-85H,15-20,23,27,29-32,34,36-37,39-40,43-44H2,1-14H3/t46-,47-,48+,49?,50?,51?,52?,53-,62-,63+,64?,65-/m0/s1. The summed E-state index contributed by atoms with van der Waals surface area (Å²) >= 11 is 6.12. The molecule has 89 heavy (non-hydrogen) atoms. The van der Waals surface area contributed by atoms with Gasteiger partial charge in [-0.3, -0.25) is 15.2 Å². The van der Waals surface area contributed by atoms with Crippen molar-refractivity contribution in [1.29, 1.82) is 0 Å². The Hall–Kier alpha value is -3.82. The molecule has 5 unspecified atom stereocenters. The zero-order valence-corrected chi connectivity index (χ0v) is 56.7. The largest absolute Gasteiger partial charge is 0.417 e. The Kier molecular flexibility index (Phi) is 27.8. The van der Waals surface area contributed by atoms with E-state index in [1.807, 2.05) is 25.1 Å². The van der Waals surface area contributed by atoms with Crippen molar-refractivity contribution in [3.05, 3.63) is 106 Å². The van der Waals surface area contributed by atoms with Gasteiger partial charge < -0.3 is 41.3 Å². The van der Waals surface area contributed by atoms with Gasteiger partial charge in [0.15, 0.2) is 0 Å². The Morgan fingerprint density at radius 3 is 2.04 bits per heavy atom. The molecule has 3 heterocycles. The molecular formula is C69H110ClF8N11. The first-order chi connectivity index (χ1) is 41.9. The van der Waals surface area contributed by atoms with Crippen molar-refractivity contribution in [2.75, 3.05) is 52.9 Å². The van der Waals surface area contributed by atoms with Crippen molar-refractivity contribution >= 4 is 17.3 Å². The third-order valence-corrected chi connectivity index (χ3v) is 20.5. The molecule has 20 heteroatoms. The number of hydrogen-bond donors (Lipinski definition) is 6. The lowest BCUT2D eigenvalue weighted by molar-refractivity contribution is -0.138. The molecule has 2 saturated heterocycles. The second kappa shape index (κ2) is 33.3. The van der Waals surface area contributed by atoms with E-state index in [1.54, 1.807) is 12.4 Å². The molecule has 1 aliphatic carbocycles. The maximum atomic E-state index is 16.0. The summed E-state index contributed by atoms with van der Waals surface area (Å²) in [5, 5.41) is 21.5. The van der Waals surface area contributed by atoms with Gasteiger partial charge in [-0.15, -0.1) is 0 Å². The number of benzene rings is 2. The molecule has 0 amide bonds. The third-order valence-electron chi connectivity index (χ3n) is 20.2. The van der Waals surface area contributed by atoms with Crippen molar-refractivity contribution in [2.45, 2.75) is 245 Å². The quantitative estimate of drug-likeness (QED) is 0.0911. The molecule has 3 fully saturated rings. The molecule has 3 aliphatic heterocycles. The van der Waals surface area contributed by atoms with Crippen molar-refractivity contribution in [1.82, 2.24) is 51.5 Å². The van der Waals surface area contributed by atoms with Gasteiger partial charge >= 0.3 is 18.4 Å². The maximum Gasteiger partial charge on any atom is 0.417 e. The molecule has 4 aliphatic rings. The fourth-order valence-corrected chi connectivity index (χ4v) is 14.2. The van der Waals surface area contributed by atoms with Crippen LogP contribution in [0.5, 0.6) is 0 Å². The number of halogens is 9. The fourth-order valence-electron chi connectivity index (χ4n) is 13.9. The second-order valence-electron chi connectivity index (χ2n) is 27.2. The first-order valence-corrected chi connectivity index (χ1v) is 33.8. The van der Waals surface area contributed by atoms with Crippen molar-refractivity contribution < 1.29 is 35.1 Å². The average molecular weight is 1280 g/mol. The van der Waals surface area contributed by atoms with Gasteiger partial charge in [-0.25, -0.2) is 0 Å². The highest BCUT2D eigenvalue weighted by molar-refractivity contribution is 6.31. The lowest BCUT2D eigenvalue weighted by Gasteiger charge is -2.60. The van der Waals surface area contributed by atoms with Crippen molar-refractivity contribution in [3.8, 4) is 0 Å². The molecule has 0 radical (unpaired) electrons. The Balaban J connectivity index is 1.35. The highest BCUT2D eigenvalue weighted by Gasteiger charge is 2.50. The Bertz CT molecular complexity index is 2610. The van der Waals surface area contributed by atoms with Crippen LogP contribution in [0.1, 0.15) is 176 Å². The number of aliphatic imine (C=N–C) groups is 1. The van der Waals surface area contributed by atoms with E-state index in [0.29, 0.717) is 72.1 Å². The normalized spacial score (nSPS) is 29.0. The maximum absolute atomic E-state index is 16.0. The number of hydrogen-bond acceptors (Lipinski definition) is 11. The minimum absolute atomic E-state index is 0.101. The molecular weight excluding hydrogens is 1170 g/mol. The molecule has 12 atom stereocenters.